The highest BCUT2D eigenvalue weighted by molar-refractivity contribution is 5.75. The summed E-state index contributed by atoms with van der Waals surface area (Å²) in [5.41, 5.74) is 10.4. The van der Waals surface area contributed by atoms with Crippen molar-refractivity contribution in [3.63, 3.8) is 0 Å². The molecule has 1 nitrogen and oxygen atoms in total. The maximum Gasteiger partial charge on any atom is 0.00549 e. The number of allylic oxidation sites excluding steroid dienone is 4. The van der Waals surface area contributed by atoms with E-state index in [4.69, 9.17) is 5.73 Å². The van der Waals surface area contributed by atoms with Crippen LogP contribution in [0.2, 0.25) is 0 Å². The molecule has 2 aromatic rings. The minimum Gasteiger partial charge on any atom is -0.402 e. The van der Waals surface area contributed by atoms with E-state index in [1.165, 1.54) is 16.7 Å². The molecule has 2 N–H and O–H groups in total. The molecule has 0 radical (unpaired) electrons. The molecule has 102 valence electrons. The average Bonchev–Trinajstić information content (AvgIpc) is 2.48. The van der Waals surface area contributed by atoms with Gasteiger partial charge in [0.2, 0.25) is 0 Å². The van der Waals surface area contributed by atoms with Crippen molar-refractivity contribution in [1.82, 2.24) is 0 Å². The standard InChI is InChI=1S/C19H21N/c1-15(17-9-5-3-6-10-17)13-19(14-16(2)20)18-11-7-4-8-12-18/h3-15H,20H2,1-2H3/b16-14+,19-13+. The van der Waals surface area contributed by atoms with Crippen LogP contribution in [0, 0.1) is 0 Å². The molecule has 0 aliphatic rings. The Morgan fingerprint density at radius 2 is 1.50 bits per heavy atom. The summed E-state index contributed by atoms with van der Waals surface area (Å²) in [4.78, 5) is 0. The summed E-state index contributed by atoms with van der Waals surface area (Å²) in [6, 6.07) is 20.9. The summed E-state index contributed by atoms with van der Waals surface area (Å²) in [5, 5.41) is 0. The third-order valence-electron chi connectivity index (χ3n) is 3.25. The van der Waals surface area contributed by atoms with Crippen molar-refractivity contribution < 1.29 is 0 Å². The average molecular weight is 263 g/mol. The van der Waals surface area contributed by atoms with E-state index >= 15 is 0 Å². The van der Waals surface area contributed by atoms with E-state index in [1.807, 2.05) is 25.1 Å². The van der Waals surface area contributed by atoms with Crippen molar-refractivity contribution in [2.45, 2.75) is 19.8 Å². The monoisotopic (exact) mass is 263 g/mol. The highest BCUT2D eigenvalue weighted by Gasteiger charge is 2.05. The summed E-state index contributed by atoms with van der Waals surface area (Å²) in [6.07, 6.45) is 4.30. The molecule has 0 fully saturated rings. The largest absolute Gasteiger partial charge is 0.402 e. The third kappa shape index (κ3) is 3.86. The van der Waals surface area contributed by atoms with Crippen LogP contribution in [0.3, 0.4) is 0 Å². The van der Waals surface area contributed by atoms with Gasteiger partial charge in [0.1, 0.15) is 0 Å². The number of hydrogen-bond acceptors (Lipinski definition) is 1. The van der Waals surface area contributed by atoms with Crippen molar-refractivity contribution in [2.75, 3.05) is 0 Å². The molecular weight excluding hydrogens is 242 g/mol. The van der Waals surface area contributed by atoms with Gasteiger partial charge in [0.15, 0.2) is 0 Å². The number of benzene rings is 2. The van der Waals surface area contributed by atoms with E-state index in [0.29, 0.717) is 5.92 Å². The lowest BCUT2D eigenvalue weighted by Crippen LogP contribution is -1.95. The molecule has 0 aliphatic carbocycles. The Kier molecular flexibility index (Phi) is 4.78. The third-order valence-corrected chi connectivity index (χ3v) is 3.25. The van der Waals surface area contributed by atoms with Crippen LogP contribution in [0.5, 0.6) is 0 Å². The minimum absolute atomic E-state index is 0.349. The Morgan fingerprint density at radius 1 is 0.950 bits per heavy atom. The second-order valence-corrected chi connectivity index (χ2v) is 5.08. The maximum atomic E-state index is 5.87. The second-order valence-electron chi connectivity index (χ2n) is 5.08. The fourth-order valence-corrected chi connectivity index (χ4v) is 2.23. The molecular formula is C19H21N. The Balaban J connectivity index is 2.37. The van der Waals surface area contributed by atoms with Gasteiger partial charge < -0.3 is 5.73 Å². The van der Waals surface area contributed by atoms with Crippen LogP contribution in [0.15, 0.2) is 78.5 Å². The van der Waals surface area contributed by atoms with Crippen LogP contribution in [-0.4, -0.2) is 0 Å². The molecule has 2 rings (SSSR count). The van der Waals surface area contributed by atoms with Gasteiger partial charge in [-0.1, -0.05) is 73.7 Å². The molecule has 2 aromatic carbocycles. The van der Waals surface area contributed by atoms with Gasteiger partial charge in [0.05, 0.1) is 0 Å². The molecule has 0 saturated heterocycles. The van der Waals surface area contributed by atoms with Crippen LogP contribution in [0.1, 0.15) is 30.9 Å². The highest BCUT2D eigenvalue weighted by Crippen LogP contribution is 2.24. The topological polar surface area (TPSA) is 26.0 Å². The van der Waals surface area contributed by atoms with Crippen LogP contribution in [0.25, 0.3) is 5.57 Å². The molecule has 1 heteroatoms. The first-order valence-electron chi connectivity index (χ1n) is 6.93. The number of rotatable bonds is 4. The highest BCUT2D eigenvalue weighted by atomic mass is 14.5. The molecule has 0 bridgehead atoms. The predicted molar refractivity (Wildman–Crippen MR) is 87.2 cm³/mol. The summed E-state index contributed by atoms with van der Waals surface area (Å²) in [6.45, 7) is 4.13. The van der Waals surface area contributed by atoms with Crippen LogP contribution >= 0.6 is 0 Å². The first-order chi connectivity index (χ1) is 9.66. The van der Waals surface area contributed by atoms with Crippen LogP contribution in [0.4, 0.5) is 0 Å². The smallest absolute Gasteiger partial charge is 0.00549 e. The Hall–Kier alpha value is -2.28. The van der Waals surface area contributed by atoms with Gasteiger partial charge in [-0.15, -0.1) is 0 Å². The molecule has 1 atom stereocenters. The zero-order chi connectivity index (χ0) is 14.4. The van der Waals surface area contributed by atoms with Crippen LogP contribution < -0.4 is 5.73 Å². The van der Waals surface area contributed by atoms with Gasteiger partial charge in [0, 0.05) is 5.70 Å². The van der Waals surface area contributed by atoms with Gasteiger partial charge in [-0.3, -0.25) is 0 Å². The number of hydrogen-bond donors (Lipinski definition) is 1. The van der Waals surface area contributed by atoms with Gasteiger partial charge in [-0.2, -0.15) is 0 Å². The first kappa shape index (κ1) is 14.1. The fraction of sp³-hybridized carbons (Fsp3) is 0.158. The zero-order valence-corrected chi connectivity index (χ0v) is 12.1. The molecule has 0 saturated carbocycles. The molecule has 0 aromatic heterocycles. The second kappa shape index (κ2) is 6.76. The van der Waals surface area contributed by atoms with Gasteiger partial charge in [0.25, 0.3) is 0 Å². The van der Waals surface area contributed by atoms with Gasteiger partial charge in [-0.25, -0.2) is 0 Å². The lowest BCUT2D eigenvalue weighted by Gasteiger charge is -2.10. The van der Waals surface area contributed by atoms with Crippen molar-refractivity contribution >= 4 is 5.57 Å². The van der Waals surface area contributed by atoms with Crippen molar-refractivity contribution in [3.8, 4) is 0 Å². The molecule has 0 heterocycles. The number of nitrogens with two attached hydrogens (primary N) is 1. The van der Waals surface area contributed by atoms with Gasteiger partial charge >= 0.3 is 0 Å². The molecule has 0 aliphatic heterocycles. The van der Waals surface area contributed by atoms with Gasteiger partial charge in [-0.05, 0) is 35.6 Å². The van der Waals surface area contributed by atoms with Crippen molar-refractivity contribution in [3.05, 3.63) is 89.6 Å². The predicted octanol–water partition coefficient (Wildman–Crippen LogP) is 4.74. The van der Waals surface area contributed by atoms with E-state index in [9.17, 15) is 0 Å². The molecule has 0 amide bonds. The summed E-state index contributed by atoms with van der Waals surface area (Å²) < 4.78 is 0. The van der Waals surface area contributed by atoms with Crippen molar-refractivity contribution in [1.29, 1.82) is 0 Å². The normalized spacial score (nSPS) is 14.1. The Bertz CT molecular complexity index is 590. The lowest BCUT2D eigenvalue weighted by molar-refractivity contribution is 0.970. The zero-order valence-electron chi connectivity index (χ0n) is 12.1. The lowest BCUT2D eigenvalue weighted by atomic mass is 9.95. The van der Waals surface area contributed by atoms with E-state index in [0.717, 1.165) is 5.70 Å². The fourth-order valence-electron chi connectivity index (χ4n) is 2.23. The molecule has 0 spiro atoms. The van der Waals surface area contributed by atoms with E-state index in [1.54, 1.807) is 0 Å². The van der Waals surface area contributed by atoms with E-state index in [-0.39, 0.29) is 0 Å². The summed E-state index contributed by atoms with van der Waals surface area (Å²) in [7, 11) is 0. The maximum absolute atomic E-state index is 5.87. The molecule has 1 unspecified atom stereocenters. The van der Waals surface area contributed by atoms with E-state index in [2.05, 4.69) is 61.5 Å². The Morgan fingerprint density at radius 3 is 2.05 bits per heavy atom. The SMILES string of the molecule is C/C(N)=C\C(=C/C(C)c1ccccc1)c1ccccc1. The first-order valence-corrected chi connectivity index (χ1v) is 6.93. The van der Waals surface area contributed by atoms with E-state index < -0.39 is 0 Å². The quantitative estimate of drug-likeness (QED) is 0.792. The minimum atomic E-state index is 0.349. The van der Waals surface area contributed by atoms with Crippen LogP contribution in [-0.2, 0) is 0 Å². The summed E-state index contributed by atoms with van der Waals surface area (Å²) in [5.74, 6) is 0.349. The van der Waals surface area contributed by atoms with Crippen molar-refractivity contribution in [2.24, 2.45) is 5.73 Å². The Labute approximate surface area is 121 Å². The molecule has 20 heavy (non-hydrogen) atoms. The summed E-state index contributed by atoms with van der Waals surface area (Å²) >= 11 is 0.